The van der Waals surface area contributed by atoms with Crippen LogP contribution >= 0.6 is 0 Å². The first-order valence-corrected chi connectivity index (χ1v) is 7.08. The summed E-state index contributed by atoms with van der Waals surface area (Å²) in [5, 5.41) is 2.96. The molecule has 0 aromatic rings. The normalized spacial score (nSPS) is 28.4. The maximum atomic E-state index is 10.1. The first-order chi connectivity index (χ1) is 7.79. The Kier molecular flexibility index (Phi) is 6.67. The Hall–Kier alpha value is -0.400. The molecule has 3 unspecified atom stereocenters. The van der Waals surface area contributed by atoms with Crippen LogP contribution in [-0.2, 0) is 0 Å². The van der Waals surface area contributed by atoms with Gasteiger partial charge < -0.3 is 0 Å². The van der Waals surface area contributed by atoms with E-state index in [-0.39, 0.29) is 0 Å². The summed E-state index contributed by atoms with van der Waals surface area (Å²) in [6, 6.07) is 0. The number of nitrogens with zero attached hydrogens (tertiary/aromatic N) is 1. The van der Waals surface area contributed by atoms with E-state index in [0.717, 1.165) is 24.2 Å². The van der Waals surface area contributed by atoms with Crippen molar-refractivity contribution in [2.45, 2.75) is 65.2 Å². The van der Waals surface area contributed by atoms with E-state index < -0.39 is 0 Å². The van der Waals surface area contributed by atoms with Crippen molar-refractivity contribution >= 4 is 0 Å². The van der Waals surface area contributed by atoms with Gasteiger partial charge in [-0.1, -0.05) is 51.1 Å². The molecule has 1 saturated carbocycles. The zero-order chi connectivity index (χ0) is 11.8. The van der Waals surface area contributed by atoms with Gasteiger partial charge >= 0.3 is 0 Å². The Labute approximate surface area is 100 Å². The van der Waals surface area contributed by atoms with Gasteiger partial charge in [0.2, 0.25) is 0 Å². The Morgan fingerprint density at radius 1 is 1.25 bits per heavy atom. The van der Waals surface area contributed by atoms with Crippen molar-refractivity contribution in [2.75, 3.05) is 6.54 Å². The summed E-state index contributed by atoms with van der Waals surface area (Å²) >= 11 is 0. The third kappa shape index (κ3) is 4.23. The summed E-state index contributed by atoms with van der Waals surface area (Å²) in [6.07, 6.45) is 10.6. The van der Waals surface area contributed by atoms with Gasteiger partial charge in [-0.25, -0.2) is 0 Å². The fourth-order valence-corrected chi connectivity index (χ4v) is 3.36. The van der Waals surface area contributed by atoms with Crippen LogP contribution in [0.2, 0.25) is 0 Å². The van der Waals surface area contributed by atoms with Crippen LogP contribution in [0.25, 0.3) is 0 Å². The molecule has 2 nitrogen and oxygen atoms in total. The van der Waals surface area contributed by atoms with Gasteiger partial charge in [-0.05, 0) is 37.0 Å². The Bertz CT molecular complexity index is 193. The average Bonchev–Trinajstić information content (AvgIpc) is 2.54. The zero-order valence-electron chi connectivity index (χ0n) is 11.0. The van der Waals surface area contributed by atoms with E-state index in [4.69, 9.17) is 0 Å². The molecule has 2 heteroatoms. The molecule has 0 N–H and O–H groups in total. The predicted molar refractivity (Wildman–Crippen MR) is 69.4 cm³/mol. The van der Waals surface area contributed by atoms with Crippen LogP contribution in [0.3, 0.4) is 0 Å². The molecule has 0 aliphatic heterocycles. The predicted octanol–water partition coefficient (Wildman–Crippen LogP) is 4.78. The van der Waals surface area contributed by atoms with Gasteiger partial charge in [0.1, 0.15) is 0 Å². The molecule has 1 aliphatic rings. The van der Waals surface area contributed by atoms with Crippen LogP contribution < -0.4 is 0 Å². The zero-order valence-corrected chi connectivity index (χ0v) is 11.0. The summed E-state index contributed by atoms with van der Waals surface area (Å²) in [4.78, 5) is 10.1. The molecule has 0 radical (unpaired) electrons. The molecule has 3 atom stereocenters. The third-order valence-corrected chi connectivity index (χ3v) is 4.38. The van der Waals surface area contributed by atoms with Crippen LogP contribution in [0.15, 0.2) is 5.18 Å². The van der Waals surface area contributed by atoms with Crippen molar-refractivity contribution < 1.29 is 0 Å². The van der Waals surface area contributed by atoms with E-state index >= 15 is 0 Å². The topological polar surface area (TPSA) is 29.4 Å². The third-order valence-electron chi connectivity index (χ3n) is 4.38. The van der Waals surface area contributed by atoms with Crippen molar-refractivity contribution in [2.24, 2.45) is 22.9 Å². The highest BCUT2D eigenvalue weighted by molar-refractivity contribution is 4.77. The first kappa shape index (κ1) is 13.7. The molecule has 0 aromatic heterocycles. The molecule has 0 aromatic carbocycles. The van der Waals surface area contributed by atoms with Gasteiger partial charge in [0.05, 0.1) is 6.54 Å². The summed E-state index contributed by atoms with van der Waals surface area (Å²) in [5.74, 6) is 2.62. The second-order valence-electron chi connectivity index (χ2n) is 5.44. The fourth-order valence-electron chi connectivity index (χ4n) is 3.36. The lowest BCUT2D eigenvalue weighted by Gasteiger charge is -2.29. The molecular formula is C14H27NO. The minimum atomic E-state index is 0.508. The summed E-state index contributed by atoms with van der Waals surface area (Å²) < 4.78 is 0. The van der Waals surface area contributed by atoms with E-state index in [1.54, 1.807) is 0 Å². The number of hydrogen-bond acceptors (Lipinski definition) is 2. The maximum Gasteiger partial charge on any atom is 0.0811 e. The van der Waals surface area contributed by atoms with Crippen molar-refractivity contribution in [3.05, 3.63) is 4.91 Å². The molecule has 16 heavy (non-hydrogen) atoms. The van der Waals surface area contributed by atoms with Gasteiger partial charge in [0, 0.05) is 0 Å². The van der Waals surface area contributed by atoms with E-state index in [1.807, 2.05) is 0 Å². The molecule has 0 saturated heterocycles. The maximum absolute atomic E-state index is 10.1. The molecule has 0 bridgehead atoms. The van der Waals surface area contributed by atoms with Gasteiger partial charge in [-0.15, -0.1) is 0 Å². The molecule has 1 fully saturated rings. The quantitative estimate of drug-likeness (QED) is 0.363. The van der Waals surface area contributed by atoms with Crippen LogP contribution in [0.5, 0.6) is 0 Å². The molecule has 1 rings (SSSR count). The molecular weight excluding hydrogens is 198 g/mol. The van der Waals surface area contributed by atoms with E-state index in [0.29, 0.717) is 6.54 Å². The highest BCUT2D eigenvalue weighted by Gasteiger charge is 2.26. The van der Waals surface area contributed by atoms with Gasteiger partial charge in [-0.3, -0.25) is 0 Å². The van der Waals surface area contributed by atoms with Crippen molar-refractivity contribution in [1.82, 2.24) is 0 Å². The minimum Gasteiger partial charge on any atom is -0.151 e. The molecule has 1 aliphatic carbocycles. The molecule has 94 valence electrons. The van der Waals surface area contributed by atoms with Gasteiger partial charge in [-0.2, -0.15) is 4.91 Å². The van der Waals surface area contributed by atoms with Crippen LogP contribution in [-0.4, -0.2) is 6.54 Å². The lowest BCUT2D eigenvalue weighted by molar-refractivity contribution is 0.208. The lowest BCUT2D eigenvalue weighted by Crippen LogP contribution is -2.20. The number of hydrogen-bond donors (Lipinski definition) is 0. The fraction of sp³-hybridized carbons (Fsp3) is 1.00. The van der Waals surface area contributed by atoms with Crippen LogP contribution in [0, 0.1) is 22.7 Å². The van der Waals surface area contributed by atoms with Crippen molar-refractivity contribution in [3.63, 3.8) is 0 Å². The monoisotopic (exact) mass is 225 g/mol. The second kappa shape index (κ2) is 7.81. The minimum absolute atomic E-state index is 0.508. The largest absolute Gasteiger partial charge is 0.151 e. The highest BCUT2D eigenvalue weighted by Crippen LogP contribution is 2.37. The SMILES string of the molecule is CCC1CCCCCC1C(C)CCCN=O. The van der Waals surface area contributed by atoms with E-state index in [2.05, 4.69) is 19.0 Å². The smallest absolute Gasteiger partial charge is 0.0811 e. The van der Waals surface area contributed by atoms with Gasteiger partial charge in [0.25, 0.3) is 0 Å². The van der Waals surface area contributed by atoms with Crippen molar-refractivity contribution in [3.8, 4) is 0 Å². The Morgan fingerprint density at radius 3 is 2.69 bits per heavy atom. The second-order valence-corrected chi connectivity index (χ2v) is 5.44. The van der Waals surface area contributed by atoms with Crippen LogP contribution in [0.4, 0.5) is 0 Å². The Balaban J connectivity index is 2.42. The Morgan fingerprint density at radius 2 is 2.00 bits per heavy atom. The van der Waals surface area contributed by atoms with E-state index in [9.17, 15) is 4.91 Å². The number of nitroso groups, excluding NO2 is 1. The standard InChI is InChI=1S/C14H27NO/c1-3-13-9-5-4-6-10-14(13)12(2)8-7-11-15-16/h12-14H,3-11H2,1-2H3. The van der Waals surface area contributed by atoms with E-state index in [1.165, 1.54) is 44.9 Å². The lowest BCUT2D eigenvalue weighted by atomic mass is 9.76. The van der Waals surface area contributed by atoms with Gasteiger partial charge in [0.15, 0.2) is 0 Å². The number of rotatable bonds is 6. The molecule has 0 heterocycles. The average molecular weight is 225 g/mol. The van der Waals surface area contributed by atoms with Crippen LogP contribution in [0.1, 0.15) is 65.2 Å². The molecule has 0 amide bonds. The summed E-state index contributed by atoms with van der Waals surface area (Å²) in [7, 11) is 0. The highest BCUT2D eigenvalue weighted by atomic mass is 16.3. The molecule has 0 spiro atoms. The summed E-state index contributed by atoms with van der Waals surface area (Å²) in [5.41, 5.74) is 0. The van der Waals surface area contributed by atoms with Crippen molar-refractivity contribution in [1.29, 1.82) is 0 Å². The first-order valence-electron chi connectivity index (χ1n) is 7.08. The summed E-state index contributed by atoms with van der Waals surface area (Å²) in [6.45, 7) is 5.22.